The number of halogens is 1. The second kappa shape index (κ2) is 4.53. The Morgan fingerprint density at radius 2 is 2.29 bits per heavy atom. The van der Waals surface area contributed by atoms with Gasteiger partial charge in [0, 0.05) is 16.6 Å². The van der Waals surface area contributed by atoms with Crippen molar-refractivity contribution >= 4 is 22.8 Å². The predicted octanol–water partition coefficient (Wildman–Crippen LogP) is 3.25. The Labute approximate surface area is 125 Å². The molecule has 0 amide bonds. The summed E-state index contributed by atoms with van der Waals surface area (Å²) in [7, 11) is 0. The van der Waals surface area contributed by atoms with Gasteiger partial charge in [-0.25, -0.2) is 14.4 Å². The van der Waals surface area contributed by atoms with Crippen LogP contribution in [0.25, 0.3) is 16.9 Å². The van der Waals surface area contributed by atoms with Gasteiger partial charge in [-0.15, -0.1) is 11.3 Å². The van der Waals surface area contributed by atoms with Crippen molar-refractivity contribution in [3.8, 4) is 11.3 Å². The summed E-state index contributed by atoms with van der Waals surface area (Å²) in [4.78, 5) is 9.95. The zero-order valence-electron chi connectivity index (χ0n) is 11.6. The van der Waals surface area contributed by atoms with Crippen LogP contribution in [0.5, 0.6) is 0 Å². The highest BCUT2D eigenvalue weighted by molar-refractivity contribution is 7.10. The third-order valence-electron chi connectivity index (χ3n) is 4.06. The van der Waals surface area contributed by atoms with Crippen molar-refractivity contribution in [1.82, 2.24) is 14.4 Å². The van der Waals surface area contributed by atoms with Gasteiger partial charge in [-0.2, -0.15) is 0 Å². The quantitative estimate of drug-likeness (QED) is 0.808. The Morgan fingerprint density at radius 1 is 1.48 bits per heavy atom. The SMILES string of the molecule is Cc1scnc1-c1ccc2nc(N)c(CC3C[C@@H]3F)n2c1. The third-order valence-corrected chi connectivity index (χ3v) is 4.82. The van der Waals surface area contributed by atoms with Gasteiger partial charge in [0.05, 0.1) is 16.9 Å². The van der Waals surface area contributed by atoms with Crippen molar-refractivity contribution in [1.29, 1.82) is 0 Å². The fourth-order valence-corrected chi connectivity index (χ4v) is 3.31. The maximum absolute atomic E-state index is 13.2. The number of rotatable bonds is 3. The molecule has 4 nitrogen and oxygen atoms in total. The Morgan fingerprint density at radius 3 is 2.95 bits per heavy atom. The molecule has 0 aromatic carbocycles. The lowest BCUT2D eigenvalue weighted by molar-refractivity contribution is 0.444. The van der Waals surface area contributed by atoms with Crippen molar-refractivity contribution in [2.24, 2.45) is 5.92 Å². The second-order valence-electron chi connectivity index (χ2n) is 5.56. The predicted molar refractivity (Wildman–Crippen MR) is 82.2 cm³/mol. The summed E-state index contributed by atoms with van der Waals surface area (Å²) in [6.45, 7) is 2.05. The number of hydrogen-bond acceptors (Lipinski definition) is 4. The van der Waals surface area contributed by atoms with E-state index in [4.69, 9.17) is 5.73 Å². The number of nitrogens with two attached hydrogens (primary N) is 1. The van der Waals surface area contributed by atoms with Gasteiger partial charge in [-0.3, -0.25) is 0 Å². The lowest BCUT2D eigenvalue weighted by Gasteiger charge is -2.04. The summed E-state index contributed by atoms with van der Waals surface area (Å²) in [5.41, 5.74) is 11.6. The molecule has 108 valence electrons. The van der Waals surface area contributed by atoms with Gasteiger partial charge in [-0.05, 0) is 37.8 Å². The van der Waals surface area contributed by atoms with Crippen LogP contribution in [0.1, 0.15) is 17.0 Å². The van der Waals surface area contributed by atoms with Crippen LogP contribution in [0, 0.1) is 12.8 Å². The number of fused-ring (bicyclic) bond motifs is 1. The topological polar surface area (TPSA) is 56.2 Å². The molecule has 0 aliphatic heterocycles. The summed E-state index contributed by atoms with van der Waals surface area (Å²) in [5.74, 6) is 0.595. The maximum Gasteiger partial charge on any atom is 0.145 e. The zero-order valence-corrected chi connectivity index (χ0v) is 12.4. The van der Waals surface area contributed by atoms with E-state index in [1.807, 2.05) is 28.2 Å². The van der Waals surface area contributed by atoms with Crippen LogP contribution < -0.4 is 5.73 Å². The van der Waals surface area contributed by atoms with Crippen LogP contribution in [0.3, 0.4) is 0 Å². The number of alkyl halides is 1. The monoisotopic (exact) mass is 302 g/mol. The number of nitrogen functional groups attached to an aromatic ring is 1. The highest BCUT2D eigenvalue weighted by Crippen LogP contribution is 2.38. The Kier molecular flexibility index (Phi) is 2.75. The zero-order chi connectivity index (χ0) is 14.6. The summed E-state index contributed by atoms with van der Waals surface area (Å²) >= 11 is 1.62. The van der Waals surface area contributed by atoms with Crippen LogP contribution in [-0.4, -0.2) is 20.5 Å². The molecule has 1 fully saturated rings. The molecular weight excluding hydrogens is 287 g/mol. The smallest absolute Gasteiger partial charge is 0.145 e. The van der Waals surface area contributed by atoms with Gasteiger partial charge in [0.1, 0.15) is 17.6 Å². The largest absolute Gasteiger partial charge is 0.382 e. The first-order valence-corrected chi connectivity index (χ1v) is 7.82. The molecule has 1 saturated carbocycles. The van der Waals surface area contributed by atoms with E-state index in [0.29, 0.717) is 18.7 Å². The van der Waals surface area contributed by atoms with Crippen molar-refractivity contribution in [2.75, 3.05) is 5.73 Å². The summed E-state index contributed by atoms with van der Waals surface area (Å²) in [6.07, 6.45) is 2.61. The molecule has 2 atom stereocenters. The van der Waals surface area contributed by atoms with E-state index in [0.717, 1.165) is 22.6 Å². The first kappa shape index (κ1) is 12.8. The third kappa shape index (κ3) is 2.10. The van der Waals surface area contributed by atoms with Gasteiger partial charge >= 0.3 is 0 Å². The molecule has 1 unspecified atom stereocenters. The number of imidazole rings is 1. The van der Waals surface area contributed by atoms with Gasteiger partial charge in [0.15, 0.2) is 0 Å². The molecule has 21 heavy (non-hydrogen) atoms. The number of thiazole rings is 1. The van der Waals surface area contributed by atoms with E-state index in [2.05, 4.69) is 16.9 Å². The number of nitrogens with zero attached hydrogens (tertiary/aromatic N) is 3. The van der Waals surface area contributed by atoms with Crippen molar-refractivity contribution in [3.63, 3.8) is 0 Å². The van der Waals surface area contributed by atoms with Crippen LogP contribution in [0.4, 0.5) is 10.2 Å². The van der Waals surface area contributed by atoms with Gasteiger partial charge in [-0.1, -0.05) is 0 Å². The molecular formula is C15H15FN4S. The average Bonchev–Trinajstić information content (AvgIpc) is 2.85. The van der Waals surface area contributed by atoms with E-state index in [9.17, 15) is 4.39 Å². The standard InChI is InChI=1S/C15H15FN4S/c1-8-14(18-7-21-8)9-2-3-13-19-15(17)12(20(13)6-9)5-10-4-11(10)16/h2-3,6-7,10-11H,4-5,17H2,1H3/t10?,11-/m0/s1. The van der Waals surface area contributed by atoms with E-state index in [1.54, 1.807) is 11.3 Å². The highest BCUT2D eigenvalue weighted by atomic mass is 32.1. The summed E-state index contributed by atoms with van der Waals surface area (Å²) in [5, 5.41) is 0. The number of pyridine rings is 1. The molecule has 0 bridgehead atoms. The summed E-state index contributed by atoms with van der Waals surface area (Å²) < 4.78 is 15.2. The first-order chi connectivity index (χ1) is 10.1. The molecule has 0 spiro atoms. The van der Waals surface area contributed by atoms with Crippen LogP contribution in [-0.2, 0) is 6.42 Å². The summed E-state index contributed by atoms with van der Waals surface area (Å²) in [6, 6.07) is 3.94. The minimum Gasteiger partial charge on any atom is -0.382 e. The van der Waals surface area contributed by atoms with Crippen molar-refractivity contribution in [3.05, 3.63) is 34.4 Å². The molecule has 3 aromatic heterocycles. The van der Waals surface area contributed by atoms with Crippen molar-refractivity contribution in [2.45, 2.75) is 25.9 Å². The van der Waals surface area contributed by atoms with E-state index >= 15 is 0 Å². The molecule has 1 aliphatic rings. The van der Waals surface area contributed by atoms with E-state index in [-0.39, 0.29) is 5.92 Å². The lowest BCUT2D eigenvalue weighted by Crippen LogP contribution is -2.00. The molecule has 4 rings (SSSR count). The van der Waals surface area contributed by atoms with Gasteiger partial charge < -0.3 is 10.1 Å². The van der Waals surface area contributed by atoms with Crippen LogP contribution in [0.2, 0.25) is 0 Å². The Balaban J connectivity index is 1.82. The Bertz CT molecular complexity index is 822. The fourth-order valence-electron chi connectivity index (χ4n) is 2.71. The second-order valence-corrected chi connectivity index (χ2v) is 6.62. The van der Waals surface area contributed by atoms with Gasteiger partial charge in [0.2, 0.25) is 0 Å². The number of aromatic nitrogens is 3. The molecule has 3 aromatic rings. The number of anilines is 1. The molecule has 0 saturated heterocycles. The maximum atomic E-state index is 13.2. The highest BCUT2D eigenvalue weighted by Gasteiger charge is 2.38. The Hall–Kier alpha value is -1.95. The number of aryl methyl sites for hydroxylation is 1. The van der Waals surface area contributed by atoms with Gasteiger partial charge in [0.25, 0.3) is 0 Å². The van der Waals surface area contributed by atoms with E-state index < -0.39 is 6.17 Å². The van der Waals surface area contributed by atoms with Crippen molar-refractivity contribution < 1.29 is 4.39 Å². The average molecular weight is 302 g/mol. The molecule has 0 radical (unpaired) electrons. The minimum atomic E-state index is -0.682. The first-order valence-electron chi connectivity index (χ1n) is 6.94. The van der Waals surface area contributed by atoms with Crippen LogP contribution >= 0.6 is 11.3 Å². The molecule has 2 N–H and O–H groups in total. The minimum absolute atomic E-state index is 0.0943. The number of hydrogen-bond donors (Lipinski definition) is 1. The molecule has 1 aliphatic carbocycles. The fraction of sp³-hybridized carbons (Fsp3) is 0.333. The molecule has 3 heterocycles. The molecule has 6 heteroatoms. The lowest BCUT2D eigenvalue weighted by atomic mass is 10.2. The van der Waals surface area contributed by atoms with E-state index in [1.165, 1.54) is 4.88 Å². The normalized spacial score (nSPS) is 21.0. The van der Waals surface area contributed by atoms with Crippen LogP contribution in [0.15, 0.2) is 23.8 Å².